The van der Waals surface area contributed by atoms with Gasteiger partial charge in [-0.15, -0.1) is 0 Å². The van der Waals surface area contributed by atoms with Crippen molar-refractivity contribution in [2.24, 2.45) is 0 Å². The maximum atomic E-state index is 12.2. The van der Waals surface area contributed by atoms with Crippen LogP contribution in [0.4, 0.5) is 5.69 Å². The van der Waals surface area contributed by atoms with Gasteiger partial charge in [-0.05, 0) is 61.5 Å². The molecule has 0 atom stereocenters. The van der Waals surface area contributed by atoms with Crippen molar-refractivity contribution in [1.29, 1.82) is 0 Å². The second kappa shape index (κ2) is 14.6. The van der Waals surface area contributed by atoms with Gasteiger partial charge in [0, 0.05) is 25.3 Å². The van der Waals surface area contributed by atoms with Crippen LogP contribution in [0.2, 0.25) is 0 Å². The number of hydrogen-bond donors (Lipinski definition) is 2. The molecule has 8 nitrogen and oxygen atoms in total. The summed E-state index contributed by atoms with van der Waals surface area (Å²) in [6.07, 6.45) is 1.10. The molecule has 2 aromatic rings. The van der Waals surface area contributed by atoms with Crippen LogP contribution in [0.25, 0.3) is 0 Å². The van der Waals surface area contributed by atoms with Crippen molar-refractivity contribution in [2.75, 3.05) is 65.5 Å². The van der Waals surface area contributed by atoms with Crippen LogP contribution in [0.15, 0.2) is 42.5 Å². The molecular formula is C24H33ClN3O5-. The van der Waals surface area contributed by atoms with Crippen molar-refractivity contribution in [3.8, 4) is 17.2 Å². The first kappa shape index (κ1) is 26.7. The lowest BCUT2D eigenvalue weighted by molar-refractivity contribution is -0.118. The molecule has 1 saturated heterocycles. The lowest BCUT2D eigenvalue weighted by atomic mass is 10.2. The topological polar surface area (TPSA) is 81.3 Å². The Morgan fingerprint density at radius 3 is 2.48 bits per heavy atom. The summed E-state index contributed by atoms with van der Waals surface area (Å²) in [5.74, 6) is 1.63. The Bertz CT molecular complexity index is 844. The van der Waals surface area contributed by atoms with E-state index in [2.05, 4.69) is 15.5 Å². The first-order valence-corrected chi connectivity index (χ1v) is 10.9. The lowest BCUT2D eigenvalue weighted by Gasteiger charge is -2.26. The van der Waals surface area contributed by atoms with E-state index in [-0.39, 0.29) is 24.9 Å². The van der Waals surface area contributed by atoms with Gasteiger partial charge < -0.3 is 42.0 Å². The Morgan fingerprint density at radius 2 is 1.79 bits per heavy atom. The van der Waals surface area contributed by atoms with Crippen LogP contribution in [-0.2, 0) is 16.1 Å². The third kappa shape index (κ3) is 9.09. The van der Waals surface area contributed by atoms with Crippen molar-refractivity contribution in [1.82, 2.24) is 10.2 Å². The molecular weight excluding hydrogens is 446 g/mol. The van der Waals surface area contributed by atoms with Gasteiger partial charge in [-0.2, -0.15) is 0 Å². The predicted molar refractivity (Wildman–Crippen MR) is 124 cm³/mol. The quantitative estimate of drug-likeness (QED) is 0.399. The number of nitrogens with zero attached hydrogens (tertiary/aromatic N) is 1. The van der Waals surface area contributed by atoms with Crippen LogP contribution in [-0.4, -0.2) is 71.0 Å². The summed E-state index contributed by atoms with van der Waals surface area (Å²) in [7, 11) is 3.20. The lowest BCUT2D eigenvalue weighted by Crippen LogP contribution is -3.00. The zero-order chi connectivity index (χ0) is 22.6. The highest BCUT2D eigenvalue weighted by molar-refractivity contribution is 5.91. The number of rotatable bonds is 12. The number of carbonyl (C=O) groups excluding carboxylic acids is 1. The van der Waals surface area contributed by atoms with Crippen LogP contribution in [0.3, 0.4) is 0 Å². The van der Waals surface area contributed by atoms with Crippen LogP contribution in [0.1, 0.15) is 12.0 Å². The van der Waals surface area contributed by atoms with E-state index >= 15 is 0 Å². The van der Waals surface area contributed by atoms with Gasteiger partial charge in [0.2, 0.25) is 0 Å². The highest BCUT2D eigenvalue weighted by Crippen LogP contribution is 2.28. The van der Waals surface area contributed by atoms with E-state index in [9.17, 15) is 4.79 Å². The van der Waals surface area contributed by atoms with E-state index in [0.717, 1.165) is 63.7 Å². The number of anilines is 1. The largest absolute Gasteiger partial charge is 1.00 e. The van der Waals surface area contributed by atoms with E-state index in [1.807, 2.05) is 18.2 Å². The number of halogens is 1. The first-order valence-electron chi connectivity index (χ1n) is 10.9. The van der Waals surface area contributed by atoms with E-state index in [0.29, 0.717) is 17.2 Å². The predicted octanol–water partition coefficient (Wildman–Crippen LogP) is -0.463. The molecule has 0 saturated carbocycles. The summed E-state index contributed by atoms with van der Waals surface area (Å²) in [6, 6.07) is 12.9. The maximum Gasteiger partial charge on any atom is 0.262 e. The fourth-order valence-electron chi connectivity index (χ4n) is 3.44. The maximum absolute atomic E-state index is 12.2. The Labute approximate surface area is 201 Å². The van der Waals surface area contributed by atoms with Gasteiger partial charge in [0.05, 0.1) is 27.4 Å². The molecule has 0 bridgehead atoms. The van der Waals surface area contributed by atoms with Crippen molar-refractivity contribution >= 4 is 11.6 Å². The molecule has 3 rings (SSSR count). The number of carbonyl (C=O) groups is 1. The van der Waals surface area contributed by atoms with Crippen molar-refractivity contribution < 1.29 is 36.1 Å². The third-order valence-electron chi connectivity index (χ3n) is 5.22. The van der Waals surface area contributed by atoms with Crippen LogP contribution < -0.4 is 37.3 Å². The summed E-state index contributed by atoms with van der Waals surface area (Å²) < 4.78 is 21.6. The SMILES string of the molecule is COc1ccc(NC(=O)COc2ccc(CNCCCN3CCOCC3)cc2OC)cc1.[Cl-]. The van der Waals surface area contributed by atoms with E-state index in [4.69, 9.17) is 18.9 Å². The molecule has 9 heteroatoms. The summed E-state index contributed by atoms with van der Waals surface area (Å²) in [4.78, 5) is 14.6. The zero-order valence-corrected chi connectivity index (χ0v) is 20.0. The van der Waals surface area contributed by atoms with Crippen molar-refractivity contribution in [3.05, 3.63) is 48.0 Å². The molecule has 33 heavy (non-hydrogen) atoms. The fourth-order valence-corrected chi connectivity index (χ4v) is 3.44. The third-order valence-corrected chi connectivity index (χ3v) is 5.22. The van der Waals surface area contributed by atoms with Gasteiger partial charge in [0.1, 0.15) is 5.75 Å². The molecule has 182 valence electrons. The zero-order valence-electron chi connectivity index (χ0n) is 19.3. The highest BCUT2D eigenvalue weighted by atomic mass is 35.5. The Hall–Kier alpha value is -2.52. The summed E-state index contributed by atoms with van der Waals surface area (Å²) in [6.45, 7) is 6.40. The van der Waals surface area contributed by atoms with Crippen LogP contribution >= 0.6 is 0 Å². The van der Waals surface area contributed by atoms with E-state index < -0.39 is 0 Å². The molecule has 1 heterocycles. The summed E-state index contributed by atoms with van der Waals surface area (Å²) in [5.41, 5.74) is 1.78. The molecule has 1 aliphatic heterocycles. The van der Waals surface area contributed by atoms with Gasteiger partial charge in [-0.3, -0.25) is 9.69 Å². The molecule has 0 spiro atoms. The molecule has 2 N–H and O–H groups in total. The second-order valence-electron chi connectivity index (χ2n) is 7.53. The molecule has 0 aromatic heterocycles. The minimum Gasteiger partial charge on any atom is -1.00 e. The minimum absolute atomic E-state index is 0. The smallest absolute Gasteiger partial charge is 0.262 e. The van der Waals surface area contributed by atoms with E-state index in [1.54, 1.807) is 38.5 Å². The molecule has 0 aliphatic carbocycles. The summed E-state index contributed by atoms with van der Waals surface area (Å²) >= 11 is 0. The van der Waals surface area contributed by atoms with Gasteiger partial charge in [0.15, 0.2) is 18.1 Å². The van der Waals surface area contributed by atoms with Crippen molar-refractivity contribution in [3.63, 3.8) is 0 Å². The number of ether oxygens (including phenoxy) is 4. The molecule has 2 aromatic carbocycles. The Balaban J connectivity index is 0.00000385. The van der Waals surface area contributed by atoms with Crippen molar-refractivity contribution in [2.45, 2.75) is 13.0 Å². The first-order chi connectivity index (χ1) is 15.7. The monoisotopic (exact) mass is 478 g/mol. The number of methoxy groups -OCH3 is 2. The Kier molecular flexibility index (Phi) is 11.8. The number of nitrogens with one attached hydrogen (secondary N) is 2. The fraction of sp³-hybridized carbons (Fsp3) is 0.458. The Morgan fingerprint density at radius 1 is 1.03 bits per heavy atom. The molecule has 0 radical (unpaired) electrons. The number of morpholine rings is 1. The van der Waals surface area contributed by atoms with Gasteiger partial charge in [0.25, 0.3) is 5.91 Å². The molecule has 0 unspecified atom stereocenters. The highest BCUT2D eigenvalue weighted by Gasteiger charge is 2.11. The number of hydrogen-bond acceptors (Lipinski definition) is 7. The average Bonchev–Trinajstić information content (AvgIpc) is 2.84. The van der Waals surface area contributed by atoms with Gasteiger partial charge in [-0.25, -0.2) is 0 Å². The van der Waals surface area contributed by atoms with E-state index in [1.165, 1.54) is 0 Å². The second-order valence-corrected chi connectivity index (χ2v) is 7.53. The standard InChI is InChI=1S/C24H33N3O5.ClH/c1-29-21-7-5-20(6-8-21)26-24(28)18-32-22-9-4-19(16-23(22)30-2)17-25-10-3-11-27-12-14-31-15-13-27;/h4-9,16,25H,3,10-15,17-18H2,1-2H3,(H,26,28);1H/p-1. The molecule has 1 aliphatic rings. The molecule has 1 amide bonds. The van der Waals surface area contributed by atoms with Gasteiger partial charge >= 0.3 is 0 Å². The number of amides is 1. The normalized spacial score (nSPS) is 13.6. The average molecular weight is 479 g/mol. The molecule has 1 fully saturated rings. The number of benzene rings is 2. The van der Waals surface area contributed by atoms with Crippen LogP contribution in [0, 0.1) is 0 Å². The minimum atomic E-state index is -0.247. The van der Waals surface area contributed by atoms with Gasteiger partial charge in [-0.1, -0.05) is 6.07 Å². The van der Waals surface area contributed by atoms with Crippen LogP contribution in [0.5, 0.6) is 17.2 Å². The summed E-state index contributed by atoms with van der Waals surface area (Å²) in [5, 5.41) is 6.27.